The van der Waals surface area contributed by atoms with Crippen molar-refractivity contribution in [2.45, 2.75) is 128 Å². The smallest absolute Gasteiger partial charge is 0.416 e. The van der Waals surface area contributed by atoms with Crippen molar-refractivity contribution in [3.05, 3.63) is 59.0 Å². The molecule has 3 amide bonds. The molecule has 0 bridgehead atoms. The van der Waals surface area contributed by atoms with E-state index in [1.54, 1.807) is 64.8 Å². The number of nitrogens with zero attached hydrogens (tertiary/aromatic N) is 3. The Balaban J connectivity index is 1.26. The molecule has 2 saturated carbocycles. The lowest BCUT2D eigenvalue weighted by Gasteiger charge is -2.36. The Hall–Kier alpha value is -4.65. The molecule has 2 aliphatic carbocycles. The summed E-state index contributed by atoms with van der Waals surface area (Å²) in [7, 11) is -2.50. The van der Waals surface area contributed by atoms with E-state index < -0.39 is 85.1 Å². The van der Waals surface area contributed by atoms with Crippen LogP contribution in [-0.4, -0.2) is 95.0 Å². The van der Waals surface area contributed by atoms with E-state index in [0.29, 0.717) is 65.4 Å². The van der Waals surface area contributed by atoms with Crippen LogP contribution in [0.25, 0.3) is 10.9 Å². The van der Waals surface area contributed by atoms with E-state index in [0.717, 1.165) is 22.4 Å². The number of pyridine rings is 1. The van der Waals surface area contributed by atoms with Gasteiger partial charge in [-0.05, 0) is 80.7 Å². The van der Waals surface area contributed by atoms with Gasteiger partial charge in [0.05, 0.1) is 41.2 Å². The summed E-state index contributed by atoms with van der Waals surface area (Å²) in [6.45, 7) is 14.3. The molecule has 2 aliphatic heterocycles. The number of halogens is 4. The van der Waals surface area contributed by atoms with Gasteiger partial charge in [0.25, 0.3) is 5.91 Å². The van der Waals surface area contributed by atoms with Crippen molar-refractivity contribution in [1.29, 1.82) is 0 Å². The molecule has 0 radical (unpaired) electrons. The average Bonchev–Trinajstić information content (AvgIpc) is 3.99. The Kier molecular flexibility index (Phi) is 12.5. The van der Waals surface area contributed by atoms with Crippen LogP contribution in [-0.2, 0) is 30.6 Å². The predicted molar refractivity (Wildman–Crippen MR) is 237 cm³/mol. The number of benzene rings is 2. The van der Waals surface area contributed by atoms with Gasteiger partial charge in [0.1, 0.15) is 46.1 Å². The maximum Gasteiger partial charge on any atom is 0.416 e. The van der Waals surface area contributed by atoms with Crippen molar-refractivity contribution < 1.29 is 49.8 Å². The second kappa shape index (κ2) is 17.0. The second-order valence-corrected chi connectivity index (χ2v) is 22.4. The topological polar surface area (TPSA) is 168 Å². The highest BCUT2D eigenvalue weighted by Gasteiger charge is 2.63. The Morgan fingerprint density at radius 1 is 1.06 bits per heavy atom. The first-order chi connectivity index (χ1) is 29.8. The zero-order valence-electron chi connectivity index (χ0n) is 37.4. The Bertz CT molecular complexity index is 2510. The van der Waals surface area contributed by atoms with Gasteiger partial charge in [-0.15, -0.1) is 11.8 Å². The van der Waals surface area contributed by atoms with E-state index in [1.165, 1.54) is 4.90 Å². The lowest BCUT2D eigenvalue weighted by molar-refractivity contribution is -0.141. The maximum absolute atomic E-state index is 15.0. The number of thioether (sulfide) groups is 1. The molecule has 19 heteroatoms. The number of hydrogen-bond acceptors (Lipinski definition) is 11. The fourth-order valence-electron chi connectivity index (χ4n) is 8.45. The number of carbonyl (C=O) groups is 3. The van der Waals surface area contributed by atoms with E-state index in [2.05, 4.69) is 29.2 Å². The summed E-state index contributed by atoms with van der Waals surface area (Å²) < 4.78 is 95.9. The van der Waals surface area contributed by atoms with Gasteiger partial charge < -0.3 is 25.0 Å². The van der Waals surface area contributed by atoms with Gasteiger partial charge in [-0.3, -0.25) is 24.1 Å². The minimum absolute atomic E-state index is 0.0831. The van der Waals surface area contributed by atoms with E-state index in [1.807, 2.05) is 13.8 Å². The van der Waals surface area contributed by atoms with Crippen LogP contribution in [0.2, 0.25) is 0 Å². The van der Waals surface area contributed by atoms with E-state index in [-0.39, 0.29) is 31.1 Å². The van der Waals surface area contributed by atoms with Crippen LogP contribution in [0.4, 0.5) is 23.2 Å². The number of carbonyl (C=O) groups excluding carboxylic acids is 3. The van der Waals surface area contributed by atoms with Gasteiger partial charge in [0.2, 0.25) is 21.8 Å². The zero-order valence-corrected chi connectivity index (χ0v) is 39.0. The third-order valence-electron chi connectivity index (χ3n) is 13.0. The molecule has 1 saturated heterocycles. The van der Waals surface area contributed by atoms with Gasteiger partial charge in [0, 0.05) is 34.9 Å². The molecule has 1 aromatic heterocycles. The molecule has 64 heavy (non-hydrogen) atoms. The number of sulfonamides is 1. The lowest BCUT2D eigenvalue weighted by atomic mass is 9.85. The van der Waals surface area contributed by atoms with Crippen LogP contribution in [0.3, 0.4) is 0 Å². The van der Waals surface area contributed by atoms with Crippen molar-refractivity contribution >= 4 is 61.1 Å². The average molecular weight is 933 g/mol. The Morgan fingerprint density at radius 3 is 2.34 bits per heavy atom. The highest BCUT2D eigenvalue weighted by atomic mass is 32.2. The highest BCUT2D eigenvalue weighted by Crippen LogP contribution is 2.48. The van der Waals surface area contributed by atoms with E-state index in [4.69, 9.17) is 19.5 Å². The van der Waals surface area contributed by atoms with Crippen molar-refractivity contribution in [3.8, 4) is 11.5 Å². The third-order valence-corrected chi connectivity index (χ3v) is 16.3. The van der Waals surface area contributed by atoms with Crippen LogP contribution in [0.5, 0.6) is 11.5 Å². The second-order valence-electron chi connectivity index (χ2n) is 19.2. The van der Waals surface area contributed by atoms with Crippen LogP contribution in [0, 0.1) is 30.0 Å². The van der Waals surface area contributed by atoms with E-state index in [9.17, 15) is 40.4 Å². The molecule has 348 valence electrons. The van der Waals surface area contributed by atoms with Gasteiger partial charge in [-0.2, -0.15) is 13.2 Å². The molecule has 3 aromatic rings. The molecular formula is C45H56F4N6O7S2. The molecule has 3 fully saturated rings. The minimum Gasteiger partial charge on any atom is -0.496 e. The van der Waals surface area contributed by atoms with Gasteiger partial charge >= 0.3 is 6.18 Å². The summed E-state index contributed by atoms with van der Waals surface area (Å²) in [4.78, 5) is 54.7. The molecule has 1 unspecified atom stereocenters. The van der Waals surface area contributed by atoms with Crippen molar-refractivity contribution in [2.75, 3.05) is 24.7 Å². The normalized spacial score (nSPS) is 24.6. The molecule has 6 atom stereocenters. The zero-order chi connectivity index (χ0) is 46.9. The number of rotatable bonds is 14. The molecular weight excluding hydrogens is 877 g/mol. The van der Waals surface area contributed by atoms with Crippen molar-refractivity contribution in [2.24, 2.45) is 22.2 Å². The summed E-state index contributed by atoms with van der Waals surface area (Å²) in [5.41, 5.74) is -2.23. The van der Waals surface area contributed by atoms with Crippen molar-refractivity contribution in [1.82, 2.24) is 19.9 Å². The van der Waals surface area contributed by atoms with Gasteiger partial charge in [0.15, 0.2) is 0 Å². The monoisotopic (exact) mass is 932 g/mol. The third kappa shape index (κ3) is 9.24. The van der Waals surface area contributed by atoms with Crippen LogP contribution in [0.1, 0.15) is 97.4 Å². The molecule has 3 heterocycles. The first-order valence-electron chi connectivity index (χ1n) is 21.5. The lowest BCUT2D eigenvalue weighted by Crippen LogP contribution is -2.59. The first kappa shape index (κ1) is 47.3. The Labute approximate surface area is 375 Å². The van der Waals surface area contributed by atoms with Gasteiger partial charge in [-0.1, -0.05) is 48.0 Å². The fraction of sp³-hybridized carbons (Fsp3) is 0.578. The Morgan fingerprint density at radius 2 is 1.77 bits per heavy atom. The first-order valence-corrected chi connectivity index (χ1v) is 24.0. The SMILES string of the molecule is CC[C@@H]1C[C@]1(NC(=O)[C@@H]1C[C@@H](Oc2cc(C3=NC(C(C)C)CS3)nc3c(C)c(OC)ccc23)CN1C(=O)[C@@H](Nc1cc(F)cc(C(F)(F)F)c1)C(C)(C)C)C(=O)NS(=O)(=O)C1(C)CC1. The van der Waals surface area contributed by atoms with E-state index >= 15 is 0 Å². The highest BCUT2D eigenvalue weighted by molar-refractivity contribution is 8.14. The van der Waals surface area contributed by atoms with Crippen LogP contribution in [0.15, 0.2) is 41.4 Å². The molecule has 7 rings (SSSR count). The van der Waals surface area contributed by atoms with Crippen LogP contribution < -0.4 is 24.8 Å². The summed E-state index contributed by atoms with van der Waals surface area (Å²) >= 11 is 1.58. The number of hydrogen-bond donors (Lipinski definition) is 3. The number of likely N-dealkylation sites (tertiary alicyclic amines) is 1. The molecule has 3 N–H and O–H groups in total. The number of fused-ring (bicyclic) bond motifs is 1. The largest absolute Gasteiger partial charge is 0.496 e. The minimum atomic E-state index is -4.88. The number of anilines is 1. The standard InChI is InChI=1S/C45H56F4N6O7S2/c1-10-25-20-44(25,41(58)54-64(59,60)43(8)13-14-43)53-38(56)33-18-29(21-55(33)40(57)37(42(5,6)7)50-28-16-26(45(47,48)49)15-27(46)17-28)62-35-19-31(39-52-32(22-63-39)23(2)3)51-36-24(4)34(61-9)12-11-30(35)36/h11-12,15-17,19,23,25,29,32-33,37,50H,10,13-14,18,20-22H2,1-9H3,(H,53,56)(H,54,58)/t25-,29-,32?,33+,37-,44-/m1/s1. The number of aryl methyl sites for hydroxylation is 1. The quantitative estimate of drug-likeness (QED) is 0.139. The van der Waals surface area contributed by atoms with Crippen molar-refractivity contribution in [3.63, 3.8) is 0 Å². The summed E-state index contributed by atoms with van der Waals surface area (Å²) in [6.07, 6.45) is -4.44. The maximum atomic E-state index is 15.0. The number of alkyl halides is 3. The molecule has 4 aliphatic rings. The number of nitrogens with one attached hydrogen (secondary N) is 3. The summed E-state index contributed by atoms with van der Waals surface area (Å²) in [6, 6.07) is 4.79. The number of aromatic nitrogens is 1. The molecule has 0 spiro atoms. The summed E-state index contributed by atoms with van der Waals surface area (Å²) in [5, 5.41) is 7.03. The van der Waals surface area contributed by atoms with Gasteiger partial charge in [-0.25, -0.2) is 17.8 Å². The number of amides is 3. The number of aliphatic imine (C=N–C) groups is 1. The fourth-order valence-corrected chi connectivity index (χ4v) is 11.0. The van der Waals surface area contributed by atoms with Crippen LogP contribution >= 0.6 is 11.8 Å². The molecule has 13 nitrogen and oxygen atoms in total. The molecule has 2 aromatic carbocycles. The summed E-state index contributed by atoms with van der Waals surface area (Å²) in [5.74, 6) is -1.80. The number of methoxy groups -OCH3 is 1. The number of ether oxygens (including phenoxy) is 2. The predicted octanol–water partition coefficient (Wildman–Crippen LogP) is 7.39.